The fourth-order valence-corrected chi connectivity index (χ4v) is 3.99. The molecule has 1 heterocycles. The molecular weight excluding hydrogens is 366 g/mol. The Morgan fingerprint density at radius 1 is 0.893 bits per heavy atom. The first-order chi connectivity index (χ1) is 13.6. The fourth-order valence-electron chi connectivity index (χ4n) is 3.03. The van der Waals surface area contributed by atoms with Crippen LogP contribution in [0.1, 0.15) is 15.9 Å². The first-order valence-electron chi connectivity index (χ1n) is 9.10. The molecule has 0 aliphatic heterocycles. The molecule has 4 aromatic rings. The van der Waals surface area contributed by atoms with E-state index in [9.17, 15) is 4.79 Å². The van der Waals surface area contributed by atoms with Gasteiger partial charge in [0.2, 0.25) is 0 Å². The van der Waals surface area contributed by atoms with Gasteiger partial charge in [-0.15, -0.1) is 0 Å². The Hall–Kier alpha value is -3.18. The highest BCUT2D eigenvalue weighted by Gasteiger charge is 2.21. The van der Waals surface area contributed by atoms with Gasteiger partial charge in [0.15, 0.2) is 5.13 Å². The van der Waals surface area contributed by atoms with E-state index in [0.29, 0.717) is 17.2 Å². The minimum absolute atomic E-state index is 0.0479. The van der Waals surface area contributed by atoms with E-state index in [4.69, 9.17) is 4.98 Å². The third kappa shape index (κ3) is 3.75. The van der Waals surface area contributed by atoms with Crippen LogP contribution in [-0.2, 0) is 6.54 Å². The van der Waals surface area contributed by atoms with Crippen LogP contribution in [-0.4, -0.2) is 25.0 Å². The van der Waals surface area contributed by atoms with Gasteiger partial charge in [-0.1, -0.05) is 53.8 Å². The van der Waals surface area contributed by atoms with Crippen molar-refractivity contribution in [2.75, 3.05) is 23.9 Å². The Morgan fingerprint density at radius 2 is 1.57 bits per heavy atom. The highest BCUT2D eigenvalue weighted by atomic mass is 32.1. The minimum atomic E-state index is -0.0479. The number of para-hydroxylation sites is 1. The van der Waals surface area contributed by atoms with Crippen molar-refractivity contribution < 1.29 is 4.79 Å². The number of nitrogens with zero attached hydrogens (tertiary/aromatic N) is 3. The predicted octanol–water partition coefficient (Wildman–Crippen LogP) is 5.21. The summed E-state index contributed by atoms with van der Waals surface area (Å²) in [6, 6.07) is 25.7. The van der Waals surface area contributed by atoms with Crippen LogP contribution >= 0.6 is 11.3 Å². The number of thiazole rings is 1. The number of hydrogen-bond donors (Lipinski definition) is 0. The van der Waals surface area contributed by atoms with Crippen molar-refractivity contribution in [2.24, 2.45) is 0 Å². The highest BCUT2D eigenvalue weighted by molar-refractivity contribution is 7.22. The second kappa shape index (κ2) is 7.82. The average Bonchev–Trinajstić information content (AvgIpc) is 3.16. The lowest BCUT2D eigenvalue weighted by molar-refractivity contribution is 0.0985. The van der Waals surface area contributed by atoms with E-state index in [1.807, 2.05) is 97.9 Å². The molecule has 3 aromatic carbocycles. The monoisotopic (exact) mass is 387 g/mol. The van der Waals surface area contributed by atoms with E-state index in [1.165, 1.54) is 0 Å². The molecule has 0 fully saturated rings. The third-order valence-corrected chi connectivity index (χ3v) is 5.63. The zero-order valence-electron chi connectivity index (χ0n) is 15.9. The molecule has 4 rings (SSSR count). The maximum atomic E-state index is 13.4. The Bertz CT molecular complexity index is 1050. The molecule has 0 radical (unpaired) electrons. The average molecular weight is 388 g/mol. The van der Waals surface area contributed by atoms with Gasteiger partial charge >= 0.3 is 0 Å². The normalized spacial score (nSPS) is 10.8. The molecule has 5 heteroatoms. The number of carbonyl (C=O) groups excluding carboxylic acids is 1. The molecule has 1 aromatic heterocycles. The zero-order chi connectivity index (χ0) is 19.5. The van der Waals surface area contributed by atoms with Crippen molar-refractivity contribution in [1.29, 1.82) is 0 Å². The molecule has 0 aliphatic carbocycles. The highest BCUT2D eigenvalue weighted by Crippen LogP contribution is 2.31. The topological polar surface area (TPSA) is 36.4 Å². The number of carbonyl (C=O) groups is 1. The lowest BCUT2D eigenvalue weighted by Gasteiger charge is -2.21. The van der Waals surface area contributed by atoms with Gasteiger partial charge in [-0.25, -0.2) is 4.98 Å². The van der Waals surface area contributed by atoms with Gasteiger partial charge in [0.25, 0.3) is 5.91 Å². The van der Waals surface area contributed by atoms with Gasteiger partial charge in [0, 0.05) is 25.3 Å². The van der Waals surface area contributed by atoms with Crippen LogP contribution in [0.2, 0.25) is 0 Å². The summed E-state index contributed by atoms with van der Waals surface area (Å²) in [5.41, 5.74) is 3.70. The van der Waals surface area contributed by atoms with Crippen LogP contribution in [0.15, 0.2) is 78.9 Å². The van der Waals surface area contributed by atoms with E-state index in [0.717, 1.165) is 21.5 Å². The van der Waals surface area contributed by atoms with Crippen LogP contribution in [0, 0.1) is 0 Å². The predicted molar refractivity (Wildman–Crippen MR) is 117 cm³/mol. The van der Waals surface area contributed by atoms with Crippen LogP contribution in [0.4, 0.5) is 10.8 Å². The van der Waals surface area contributed by atoms with Crippen LogP contribution in [0.3, 0.4) is 0 Å². The molecule has 0 N–H and O–H groups in total. The molecule has 0 saturated heterocycles. The smallest absolute Gasteiger partial charge is 0.260 e. The van der Waals surface area contributed by atoms with Crippen molar-refractivity contribution in [2.45, 2.75) is 6.54 Å². The van der Waals surface area contributed by atoms with E-state index in [1.54, 1.807) is 16.2 Å². The van der Waals surface area contributed by atoms with E-state index in [2.05, 4.69) is 0 Å². The zero-order valence-corrected chi connectivity index (χ0v) is 16.7. The van der Waals surface area contributed by atoms with Crippen LogP contribution in [0.25, 0.3) is 10.2 Å². The van der Waals surface area contributed by atoms with Gasteiger partial charge in [0.05, 0.1) is 16.8 Å². The maximum Gasteiger partial charge on any atom is 0.260 e. The maximum absolute atomic E-state index is 13.4. The van der Waals surface area contributed by atoms with Gasteiger partial charge in [-0.2, -0.15) is 0 Å². The third-order valence-electron chi connectivity index (χ3n) is 4.57. The van der Waals surface area contributed by atoms with Crippen molar-refractivity contribution in [3.8, 4) is 0 Å². The molecule has 0 aliphatic rings. The Labute approximate surface area is 168 Å². The fraction of sp³-hybridized carbons (Fsp3) is 0.130. The summed E-state index contributed by atoms with van der Waals surface area (Å²) in [5.74, 6) is -0.0479. The Kier molecular flexibility index (Phi) is 5.08. The second-order valence-electron chi connectivity index (χ2n) is 6.78. The van der Waals surface area contributed by atoms with E-state index >= 15 is 0 Å². The molecule has 0 spiro atoms. The summed E-state index contributed by atoms with van der Waals surface area (Å²) >= 11 is 1.54. The molecule has 0 unspecified atom stereocenters. The molecule has 28 heavy (non-hydrogen) atoms. The minimum Gasteiger partial charge on any atom is -0.378 e. The van der Waals surface area contributed by atoms with Gasteiger partial charge in [-0.3, -0.25) is 9.69 Å². The van der Waals surface area contributed by atoms with Crippen LogP contribution < -0.4 is 9.80 Å². The van der Waals surface area contributed by atoms with Crippen molar-refractivity contribution in [1.82, 2.24) is 4.98 Å². The number of rotatable bonds is 5. The molecule has 4 nitrogen and oxygen atoms in total. The van der Waals surface area contributed by atoms with Gasteiger partial charge < -0.3 is 4.90 Å². The standard InChI is InChI=1S/C23H21N3OS/c1-25(2)19-14-12-18(13-15-19)22(27)26(16-17-8-4-3-5-9-17)23-24-20-10-6-7-11-21(20)28-23/h3-15H,16H2,1-2H3. The van der Waals surface area contributed by atoms with Gasteiger partial charge in [-0.05, 0) is 42.0 Å². The summed E-state index contributed by atoms with van der Waals surface area (Å²) in [6.45, 7) is 0.481. The Balaban J connectivity index is 1.72. The summed E-state index contributed by atoms with van der Waals surface area (Å²) in [6.07, 6.45) is 0. The largest absolute Gasteiger partial charge is 0.378 e. The molecular formula is C23H21N3OS. The lowest BCUT2D eigenvalue weighted by atomic mass is 10.1. The van der Waals surface area contributed by atoms with E-state index < -0.39 is 0 Å². The molecule has 0 saturated carbocycles. The van der Waals surface area contributed by atoms with Crippen LogP contribution in [0.5, 0.6) is 0 Å². The second-order valence-corrected chi connectivity index (χ2v) is 7.79. The SMILES string of the molecule is CN(C)c1ccc(C(=O)N(Cc2ccccc2)c2nc3ccccc3s2)cc1. The Morgan fingerprint density at radius 3 is 2.25 bits per heavy atom. The number of fused-ring (bicyclic) bond motifs is 1. The summed E-state index contributed by atoms with van der Waals surface area (Å²) < 4.78 is 1.08. The summed E-state index contributed by atoms with van der Waals surface area (Å²) in [5, 5.41) is 0.715. The van der Waals surface area contributed by atoms with Crippen molar-refractivity contribution in [3.05, 3.63) is 90.0 Å². The molecule has 1 amide bonds. The van der Waals surface area contributed by atoms with Crippen molar-refractivity contribution >= 4 is 38.3 Å². The first-order valence-corrected chi connectivity index (χ1v) is 9.92. The number of benzene rings is 3. The summed E-state index contributed by atoms with van der Waals surface area (Å²) in [4.78, 5) is 21.9. The lowest BCUT2D eigenvalue weighted by Crippen LogP contribution is -2.30. The molecule has 0 atom stereocenters. The quantitative estimate of drug-likeness (QED) is 0.472. The number of aromatic nitrogens is 1. The van der Waals surface area contributed by atoms with E-state index in [-0.39, 0.29) is 5.91 Å². The number of amides is 1. The van der Waals surface area contributed by atoms with Gasteiger partial charge in [0.1, 0.15) is 0 Å². The number of hydrogen-bond acceptors (Lipinski definition) is 4. The van der Waals surface area contributed by atoms with Crippen molar-refractivity contribution in [3.63, 3.8) is 0 Å². The molecule has 140 valence electrons. The number of anilines is 2. The summed E-state index contributed by atoms with van der Waals surface area (Å²) in [7, 11) is 3.97. The first kappa shape index (κ1) is 18.2. The molecule has 0 bridgehead atoms.